The van der Waals surface area contributed by atoms with Crippen molar-refractivity contribution in [2.24, 2.45) is 0 Å². The van der Waals surface area contributed by atoms with E-state index in [4.69, 9.17) is 0 Å². The van der Waals surface area contributed by atoms with Crippen LogP contribution in [-0.2, 0) is 12.4 Å². The molecule has 0 radical (unpaired) electrons. The van der Waals surface area contributed by atoms with Crippen molar-refractivity contribution in [3.05, 3.63) is 35.0 Å². The molecule has 2 aromatic heterocycles. The van der Waals surface area contributed by atoms with Crippen LogP contribution in [-0.4, -0.2) is 23.1 Å². The molecule has 0 fully saturated rings. The Morgan fingerprint density at radius 1 is 0.957 bits per heavy atom. The second-order valence-electron chi connectivity index (χ2n) is 4.28. The number of anilines is 2. The Morgan fingerprint density at radius 3 is 2.26 bits per heavy atom. The summed E-state index contributed by atoms with van der Waals surface area (Å²) in [4.78, 5) is 6.30. The number of rotatable bonds is 5. The molecule has 0 aromatic carbocycles. The summed E-state index contributed by atoms with van der Waals surface area (Å²) in [5, 5.41) is 5.13. The number of halogens is 6. The lowest BCUT2D eigenvalue weighted by molar-refractivity contribution is -0.137. The van der Waals surface area contributed by atoms with Gasteiger partial charge in [0.2, 0.25) is 0 Å². The van der Waals surface area contributed by atoms with Crippen molar-refractivity contribution < 1.29 is 26.3 Å². The smallest absolute Gasteiger partial charge is 0.368 e. The number of aromatic nitrogens is 2. The molecule has 0 aliphatic heterocycles. The summed E-state index contributed by atoms with van der Waals surface area (Å²) in [7, 11) is 0. The highest BCUT2D eigenvalue weighted by Gasteiger charge is 2.34. The fourth-order valence-corrected chi connectivity index (χ4v) is 2.32. The maximum atomic E-state index is 12.7. The van der Waals surface area contributed by atoms with Gasteiger partial charge in [0, 0.05) is 19.3 Å². The summed E-state index contributed by atoms with van der Waals surface area (Å²) in [6.45, 7) is 0.111. The van der Waals surface area contributed by atoms with Crippen molar-refractivity contribution >= 4 is 22.3 Å². The van der Waals surface area contributed by atoms with Crippen LogP contribution in [0.5, 0.6) is 0 Å². The van der Waals surface area contributed by atoms with Crippen molar-refractivity contribution in [1.29, 1.82) is 0 Å². The second-order valence-corrected chi connectivity index (χ2v) is 5.31. The number of thiazole rings is 1. The Balaban J connectivity index is 1.88. The Morgan fingerprint density at radius 2 is 1.65 bits per heavy atom. The molecule has 0 spiro atoms. The van der Waals surface area contributed by atoms with Gasteiger partial charge < -0.3 is 10.6 Å². The van der Waals surface area contributed by atoms with Crippen LogP contribution in [0.1, 0.15) is 10.4 Å². The summed E-state index contributed by atoms with van der Waals surface area (Å²) < 4.78 is 75.3. The van der Waals surface area contributed by atoms with Gasteiger partial charge in [0.05, 0.1) is 11.8 Å². The van der Waals surface area contributed by atoms with Crippen LogP contribution in [0.3, 0.4) is 0 Å². The predicted molar refractivity (Wildman–Crippen MR) is 73.3 cm³/mol. The highest BCUT2D eigenvalue weighted by atomic mass is 32.1. The molecule has 2 aromatic rings. The summed E-state index contributed by atoms with van der Waals surface area (Å²) >= 11 is 0.423. The largest absolute Gasteiger partial charge is 0.427 e. The molecule has 0 saturated heterocycles. The van der Waals surface area contributed by atoms with Crippen molar-refractivity contribution in [3.8, 4) is 0 Å². The van der Waals surface area contributed by atoms with Gasteiger partial charge in [-0.2, -0.15) is 26.3 Å². The highest BCUT2D eigenvalue weighted by Crippen LogP contribution is 2.35. The molecule has 11 heteroatoms. The lowest BCUT2D eigenvalue weighted by Crippen LogP contribution is -2.17. The van der Waals surface area contributed by atoms with E-state index in [1.54, 1.807) is 0 Å². The Kier molecular flexibility index (Phi) is 4.97. The van der Waals surface area contributed by atoms with E-state index in [9.17, 15) is 26.3 Å². The van der Waals surface area contributed by atoms with Gasteiger partial charge in [-0.05, 0) is 12.1 Å². The zero-order valence-electron chi connectivity index (χ0n) is 11.3. The van der Waals surface area contributed by atoms with E-state index in [0.29, 0.717) is 17.5 Å². The second kappa shape index (κ2) is 6.60. The molecule has 0 unspecified atom stereocenters. The van der Waals surface area contributed by atoms with Gasteiger partial charge >= 0.3 is 12.4 Å². The zero-order chi connectivity index (χ0) is 17.1. The molecular formula is C12H10F6N4S. The van der Waals surface area contributed by atoms with Crippen LogP contribution in [0.25, 0.3) is 0 Å². The molecule has 0 amide bonds. The minimum Gasteiger partial charge on any atom is -0.368 e. The van der Waals surface area contributed by atoms with E-state index in [-0.39, 0.29) is 24.0 Å². The van der Waals surface area contributed by atoms with E-state index in [1.807, 2.05) is 0 Å². The third-order valence-corrected chi connectivity index (χ3v) is 3.59. The molecule has 0 aliphatic carbocycles. The van der Waals surface area contributed by atoms with E-state index in [1.165, 1.54) is 12.3 Å². The van der Waals surface area contributed by atoms with Crippen LogP contribution < -0.4 is 10.6 Å². The van der Waals surface area contributed by atoms with Crippen molar-refractivity contribution in [3.63, 3.8) is 0 Å². The fraction of sp³-hybridized carbons (Fsp3) is 0.333. The number of alkyl halides is 6. The van der Waals surface area contributed by atoms with Crippen LogP contribution in [0.2, 0.25) is 0 Å². The van der Waals surface area contributed by atoms with Gasteiger partial charge in [0.1, 0.15) is 10.7 Å². The van der Waals surface area contributed by atoms with Crippen LogP contribution in [0, 0.1) is 0 Å². The summed E-state index contributed by atoms with van der Waals surface area (Å²) in [5.41, 5.74) is -0.909. The van der Waals surface area contributed by atoms with Crippen LogP contribution in [0.4, 0.5) is 37.3 Å². The van der Waals surface area contributed by atoms with Gasteiger partial charge in [-0.15, -0.1) is 0 Å². The molecule has 0 atom stereocenters. The Labute approximate surface area is 130 Å². The number of hydrogen-bond acceptors (Lipinski definition) is 5. The van der Waals surface area contributed by atoms with Crippen molar-refractivity contribution in [2.45, 2.75) is 12.4 Å². The lowest BCUT2D eigenvalue weighted by atomic mass is 10.2. The quantitative estimate of drug-likeness (QED) is 0.626. The van der Waals surface area contributed by atoms with E-state index < -0.39 is 22.8 Å². The lowest BCUT2D eigenvalue weighted by Gasteiger charge is -2.13. The zero-order valence-corrected chi connectivity index (χ0v) is 12.1. The summed E-state index contributed by atoms with van der Waals surface area (Å²) in [6.07, 6.45) is -7.10. The van der Waals surface area contributed by atoms with Gasteiger partial charge in [0.25, 0.3) is 0 Å². The summed E-state index contributed by atoms with van der Waals surface area (Å²) in [5.74, 6) is -0.336. The fourth-order valence-electron chi connectivity index (χ4n) is 1.61. The topological polar surface area (TPSA) is 49.8 Å². The van der Waals surface area contributed by atoms with Crippen molar-refractivity contribution in [2.75, 3.05) is 23.7 Å². The first-order chi connectivity index (χ1) is 10.7. The number of pyridine rings is 1. The third-order valence-electron chi connectivity index (χ3n) is 2.59. The molecule has 2 rings (SSSR count). The molecule has 23 heavy (non-hydrogen) atoms. The molecule has 126 valence electrons. The van der Waals surface area contributed by atoms with E-state index in [2.05, 4.69) is 20.6 Å². The number of nitrogens with one attached hydrogen (secondary N) is 2. The van der Waals surface area contributed by atoms with Crippen LogP contribution in [0.15, 0.2) is 24.5 Å². The van der Waals surface area contributed by atoms with Crippen molar-refractivity contribution in [1.82, 2.24) is 9.97 Å². The van der Waals surface area contributed by atoms with Gasteiger partial charge in [-0.1, -0.05) is 11.3 Å². The molecule has 0 aliphatic rings. The van der Waals surface area contributed by atoms with E-state index >= 15 is 0 Å². The summed E-state index contributed by atoms with van der Waals surface area (Å²) in [6, 6.07) is 2.06. The normalized spacial score (nSPS) is 12.3. The average Bonchev–Trinajstić information content (AvgIpc) is 2.92. The van der Waals surface area contributed by atoms with Gasteiger partial charge in [0.15, 0.2) is 5.13 Å². The monoisotopic (exact) mass is 356 g/mol. The minimum atomic E-state index is -4.54. The molecule has 2 N–H and O–H groups in total. The van der Waals surface area contributed by atoms with Gasteiger partial charge in [-0.3, -0.25) is 0 Å². The Hall–Kier alpha value is -2.04. The predicted octanol–water partition coefficient (Wildman–Crippen LogP) is 4.10. The van der Waals surface area contributed by atoms with Crippen LogP contribution >= 0.6 is 11.3 Å². The standard InChI is InChI=1S/C12H10F6N4S/c13-11(14,15)7-2-1-3-19-9(7)20-4-5-21-10-22-6-8(23-10)12(16,17)18/h1-3,6H,4-5H2,(H,19,20)(H,21,22). The molecule has 0 saturated carbocycles. The number of nitrogens with zero attached hydrogens (tertiary/aromatic N) is 2. The maximum Gasteiger partial charge on any atom is 0.427 e. The molecule has 0 bridgehead atoms. The molecule has 2 heterocycles. The first-order valence-electron chi connectivity index (χ1n) is 6.21. The average molecular weight is 356 g/mol. The number of hydrogen-bond donors (Lipinski definition) is 2. The van der Waals surface area contributed by atoms with E-state index in [0.717, 1.165) is 6.07 Å². The minimum absolute atomic E-state index is 0.0288. The molecule has 4 nitrogen and oxygen atoms in total. The first kappa shape index (κ1) is 17.3. The maximum absolute atomic E-state index is 12.7. The highest BCUT2D eigenvalue weighted by molar-refractivity contribution is 7.15. The third kappa shape index (κ3) is 4.71. The first-order valence-corrected chi connectivity index (χ1v) is 7.02. The SMILES string of the molecule is FC(F)(F)c1cnc(NCCNc2ncccc2C(F)(F)F)s1. The molecular weight excluding hydrogens is 346 g/mol. The van der Waals surface area contributed by atoms with Gasteiger partial charge in [-0.25, -0.2) is 9.97 Å². The Bertz CT molecular complexity index is 651.